The number of ether oxygens (including phenoxy) is 1. The van der Waals surface area contributed by atoms with E-state index in [0.717, 1.165) is 18.8 Å². The lowest BCUT2D eigenvalue weighted by Crippen LogP contribution is -2.36. The third-order valence-corrected chi connectivity index (χ3v) is 5.66. The Balaban J connectivity index is 1.64. The molecule has 29 heavy (non-hydrogen) atoms. The van der Waals surface area contributed by atoms with Gasteiger partial charge in [-0.15, -0.1) is 0 Å². The fourth-order valence-corrected chi connectivity index (χ4v) is 4.29. The minimum atomic E-state index is -0.394. The van der Waals surface area contributed by atoms with Gasteiger partial charge in [0.25, 0.3) is 5.91 Å². The van der Waals surface area contributed by atoms with Crippen LogP contribution in [0.4, 0.5) is 4.39 Å². The highest BCUT2D eigenvalue weighted by Gasteiger charge is 2.37. The molecule has 152 valence electrons. The van der Waals surface area contributed by atoms with Crippen molar-refractivity contribution < 1.29 is 13.9 Å². The Morgan fingerprint density at radius 3 is 3.07 bits per heavy atom. The van der Waals surface area contributed by atoms with E-state index < -0.39 is 5.82 Å². The monoisotopic (exact) mass is 398 g/mol. The van der Waals surface area contributed by atoms with Crippen LogP contribution < -0.4 is 15.5 Å². The van der Waals surface area contributed by atoms with Crippen molar-refractivity contribution in [1.29, 1.82) is 0 Å². The van der Waals surface area contributed by atoms with Gasteiger partial charge >= 0.3 is 0 Å². The van der Waals surface area contributed by atoms with Crippen molar-refractivity contribution in [2.75, 3.05) is 19.6 Å². The van der Waals surface area contributed by atoms with Gasteiger partial charge in [0.2, 0.25) is 5.88 Å². The summed E-state index contributed by atoms with van der Waals surface area (Å²) in [4.78, 5) is 23.9. The number of fused-ring (bicyclic) bond motifs is 4. The summed E-state index contributed by atoms with van der Waals surface area (Å²) < 4.78 is 20.2. The topological polar surface area (TPSA) is 82.1 Å². The van der Waals surface area contributed by atoms with Crippen molar-refractivity contribution in [2.24, 2.45) is 10.9 Å². The van der Waals surface area contributed by atoms with Crippen LogP contribution in [0.25, 0.3) is 0 Å². The van der Waals surface area contributed by atoms with E-state index in [1.807, 2.05) is 19.2 Å². The van der Waals surface area contributed by atoms with Gasteiger partial charge in [-0.2, -0.15) is 0 Å². The molecule has 0 radical (unpaired) electrons. The summed E-state index contributed by atoms with van der Waals surface area (Å²) in [6.07, 6.45) is 5.48. The van der Waals surface area contributed by atoms with Crippen LogP contribution in [0.1, 0.15) is 31.9 Å². The summed E-state index contributed by atoms with van der Waals surface area (Å²) in [5.74, 6) is 1.58. The number of amidine groups is 1. The van der Waals surface area contributed by atoms with E-state index in [1.165, 1.54) is 12.3 Å². The molecule has 4 aliphatic rings. The molecule has 1 aromatic heterocycles. The first-order valence-electron chi connectivity index (χ1n) is 9.89. The molecule has 0 spiro atoms. The second kappa shape index (κ2) is 6.84. The van der Waals surface area contributed by atoms with Gasteiger partial charge in [0.15, 0.2) is 5.82 Å². The predicted octanol–water partition coefficient (Wildman–Crippen LogP) is 1.46. The van der Waals surface area contributed by atoms with Crippen LogP contribution in [0.2, 0.25) is 0 Å². The standard InChI is InChI=1S/C20H23FN6O2/c1-11-5-16-14-6-13(21)8-23-20(14)29-12(2)7-22-19(28)15-9-24-27-4-3-17(25-18(15)27)26(16)10-11/h3-4,6,8,11-12,16,24H,5,7,9-10H2,1-2H3,(H,22,28)/t11?,12?,16-/m1/s1. The molecule has 2 bridgehead atoms. The van der Waals surface area contributed by atoms with Gasteiger partial charge in [-0.25, -0.2) is 19.8 Å². The number of halogens is 1. The van der Waals surface area contributed by atoms with E-state index in [0.29, 0.717) is 41.8 Å². The molecule has 4 aliphatic heterocycles. The lowest BCUT2D eigenvalue weighted by molar-refractivity contribution is -0.117. The van der Waals surface area contributed by atoms with Crippen LogP contribution in [0.5, 0.6) is 5.88 Å². The van der Waals surface area contributed by atoms with E-state index >= 15 is 0 Å². The van der Waals surface area contributed by atoms with E-state index in [-0.39, 0.29) is 18.1 Å². The summed E-state index contributed by atoms with van der Waals surface area (Å²) >= 11 is 0. The first kappa shape index (κ1) is 18.1. The number of aliphatic imine (C=N–C) groups is 1. The third kappa shape index (κ3) is 3.15. The molecular weight excluding hydrogens is 375 g/mol. The fourth-order valence-electron chi connectivity index (χ4n) is 4.29. The summed E-state index contributed by atoms with van der Waals surface area (Å²) in [6.45, 7) is 5.53. The second-order valence-electron chi connectivity index (χ2n) is 7.99. The van der Waals surface area contributed by atoms with Gasteiger partial charge in [-0.1, -0.05) is 6.92 Å². The van der Waals surface area contributed by atoms with Gasteiger partial charge in [0.05, 0.1) is 24.4 Å². The molecule has 0 saturated carbocycles. The highest BCUT2D eigenvalue weighted by Crippen LogP contribution is 2.40. The number of carbonyl (C=O) groups is 1. The molecule has 2 unspecified atom stereocenters. The van der Waals surface area contributed by atoms with E-state index in [4.69, 9.17) is 9.73 Å². The molecule has 1 aromatic rings. The average molecular weight is 398 g/mol. The van der Waals surface area contributed by atoms with E-state index in [1.54, 1.807) is 5.01 Å². The third-order valence-electron chi connectivity index (χ3n) is 5.66. The Kier molecular flexibility index (Phi) is 4.27. The van der Waals surface area contributed by atoms with Crippen molar-refractivity contribution >= 4 is 11.7 Å². The van der Waals surface area contributed by atoms with Crippen LogP contribution in [0, 0.1) is 11.7 Å². The highest BCUT2D eigenvalue weighted by molar-refractivity contribution is 5.98. The highest BCUT2D eigenvalue weighted by atomic mass is 19.1. The zero-order valence-electron chi connectivity index (χ0n) is 16.4. The molecule has 2 N–H and O–H groups in total. The van der Waals surface area contributed by atoms with Crippen molar-refractivity contribution in [1.82, 2.24) is 25.6 Å². The van der Waals surface area contributed by atoms with Crippen LogP contribution in [0.3, 0.4) is 0 Å². The summed E-state index contributed by atoms with van der Waals surface area (Å²) in [5, 5.41) is 4.67. The number of amides is 1. The first-order valence-corrected chi connectivity index (χ1v) is 9.89. The van der Waals surface area contributed by atoms with Crippen molar-refractivity contribution in [3.8, 4) is 5.88 Å². The number of aromatic nitrogens is 1. The number of rotatable bonds is 0. The quantitative estimate of drug-likeness (QED) is 0.689. The number of nitrogens with zero attached hydrogens (tertiary/aromatic N) is 4. The number of hydrazine groups is 1. The summed E-state index contributed by atoms with van der Waals surface area (Å²) in [6, 6.07) is 1.40. The molecule has 3 atom stereocenters. The maximum atomic E-state index is 14.1. The molecule has 9 heteroatoms. The maximum absolute atomic E-state index is 14.1. The number of carbonyl (C=O) groups excluding carboxylic acids is 1. The number of hydrogen-bond donors (Lipinski definition) is 2. The molecule has 5 heterocycles. The molecule has 8 nitrogen and oxygen atoms in total. The lowest BCUT2D eigenvalue weighted by Gasteiger charge is -2.30. The van der Waals surface area contributed by atoms with Crippen LogP contribution in [-0.4, -0.2) is 52.4 Å². The van der Waals surface area contributed by atoms with E-state index in [9.17, 15) is 9.18 Å². The van der Waals surface area contributed by atoms with Crippen molar-refractivity contribution in [3.63, 3.8) is 0 Å². The van der Waals surface area contributed by atoms with Gasteiger partial charge in [0, 0.05) is 24.9 Å². The number of hydrogen-bond acceptors (Lipinski definition) is 7. The van der Waals surface area contributed by atoms with Gasteiger partial charge in [0.1, 0.15) is 17.8 Å². The van der Waals surface area contributed by atoms with Crippen molar-refractivity contribution in [3.05, 3.63) is 47.3 Å². The Hall–Kier alpha value is -2.94. The molecule has 5 rings (SSSR count). The molecule has 1 fully saturated rings. The van der Waals surface area contributed by atoms with E-state index in [2.05, 4.69) is 27.6 Å². The largest absolute Gasteiger partial charge is 0.473 e. The minimum absolute atomic E-state index is 0.104. The molecule has 0 aliphatic carbocycles. The Morgan fingerprint density at radius 1 is 1.34 bits per heavy atom. The van der Waals surface area contributed by atoms with Crippen LogP contribution in [-0.2, 0) is 4.79 Å². The molecule has 1 saturated heterocycles. The smallest absolute Gasteiger partial charge is 0.252 e. The normalized spacial score (nSPS) is 28.6. The average Bonchev–Trinajstić information content (AvgIpc) is 3.30. The first-order chi connectivity index (χ1) is 14.0. The van der Waals surface area contributed by atoms with Gasteiger partial charge < -0.3 is 15.0 Å². The SMILES string of the molecule is CC1C[C@@H]2c3cc(F)cnc3OC(C)CNC(=O)C3=C4N=C(C=CN4NC3)N2C1. The molecule has 1 amide bonds. The Labute approximate surface area is 168 Å². The zero-order valence-corrected chi connectivity index (χ0v) is 16.4. The van der Waals surface area contributed by atoms with Gasteiger partial charge in [-0.05, 0) is 31.4 Å². The number of nitrogens with one attached hydrogen (secondary N) is 2. The van der Waals surface area contributed by atoms with Crippen molar-refractivity contribution in [2.45, 2.75) is 32.4 Å². The maximum Gasteiger partial charge on any atom is 0.252 e. The minimum Gasteiger partial charge on any atom is -0.473 e. The molecule has 0 aromatic carbocycles. The zero-order chi connectivity index (χ0) is 20.1. The summed E-state index contributed by atoms with van der Waals surface area (Å²) in [5.41, 5.74) is 4.45. The lowest BCUT2D eigenvalue weighted by atomic mass is 10.0. The van der Waals surface area contributed by atoms with Gasteiger partial charge in [-0.3, -0.25) is 9.80 Å². The van der Waals surface area contributed by atoms with Crippen LogP contribution in [0.15, 0.2) is 40.9 Å². The predicted molar refractivity (Wildman–Crippen MR) is 104 cm³/mol. The fraction of sp³-hybridized carbons (Fsp3) is 0.450. The number of pyridine rings is 1. The Morgan fingerprint density at radius 2 is 2.21 bits per heavy atom. The second-order valence-corrected chi connectivity index (χ2v) is 7.99. The van der Waals surface area contributed by atoms with Crippen LogP contribution >= 0.6 is 0 Å². The Bertz CT molecular complexity index is 958. The summed E-state index contributed by atoms with van der Waals surface area (Å²) in [7, 11) is 0. The molecular formula is C20H23FN6O2.